The molecule has 2 N–H and O–H groups in total. The maximum Gasteiger partial charge on any atom is 0.404 e. The van der Waals surface area contributed by atoms with Crippen molar-refractivity contribution in [3.05, 3.63) is 23.8 Å². The van der Waals surface area contributed by atoms with Crippen molar-refractivity contribution in [1.82, 2.24) is 5.32 Å². The second-order valence-corrected chi connectivity index (χ2v) is 3.46. The summed E-state index contributed by atoms with van der Waals surface area (Å²) in [6.07, 6.45) is 0.189. The van der Waals surface area contributed by atoms with Crippen molar-refractivity contribution >= 4 is 12.4 Å². The predicted molar refractivity (Wildman–Crippen MR) is 64.5 cm³/mol. The molecule has 18 heavy (non-hydrogen) atoms. The number of methoxy groups -OCH3 is 1. The SMILES string of the molecule is COc1ccc(C=O)cc1OCCCNC(=O)O. The highest BCUT2D eigenvalue weighted by molar-refractivity contribution is 5.76. The Balaban J connectivity index is 2.49. The largest absolute Gasteiger partial charge is 0.493 e. The quantitative estimate of drug-likeness (QED) is 0.568. The summed E-state index contributed by atoms with van der Waals surface area (Å²) in [5.74, 6) is 1.00. The van der Waals surface area contributed by atoms with E-state index in [1.807, 2.05) is 0 Å². The first-order valence-corrected chi connectivity index (χ1v) is 5.40. The smallest absolute Gasteiger partial charge is 0.404 e. The zero-order chi connectivity index (χ0) is 13.4. The summed E-state index contributed by atoms with van der Waals surface area (Å²) in [4.78, 5) is 20.8. The van der Waals surface area contributed by atoms with Crippen LogP contribution in [0.1, 0.15) is 16.8 Å². The molecule has 6 heteroatoms. The van der Waals surface area contributed by atoms with Gasteiger partial charge in [0.25, 0.3) is 0 Å². The molecule has 0 atom stereocenters. The Morgan fingerprint density at radius 1 is 1.44 bits per heavy atom. The molecule has 0 spiro atoms. The van der Waals surface area contributed by atoms with Crippen LogP contribution in [0, 0.1) is 0 Å². The predicted octanol–water partition coefficient (Wildman–Crippen LogP) is 1.54. The number of ether oxygens (including phenoxy) is 2. The molecule has 0 aliphatic rings. The van der Waals surface area contributed by atoms with E-state index in [9.17, 15) is 9.59 Å². The average molecular weight is 253 g/mol. The average Bonchev–Trinajstić information content (AvgIpc) is 2.37. The Labute approximate surface area is 105 Å². The Bertz CT molecular complexity index is 419. The molecule has 0 radical (unpaired) electrons. The molecule has 1 rings (SSSR count). The summed E-state index contributed by atoms with van der Waals surface area (Å²) < 4.78 is 10.5. The molecule has 0 bridgehead atoms. The lowest BCUT2D eigenvalue weighted by molar-refractivity contribution is 0.112. The number of carbonyl (C=O) groups excluding carboxylic acids is 1. The second-order valence-electron chi connectivity index (χ2n) is 3.46. The molecular weight excluding hydrogens is 238 g/mol. The van der Waals surface area contributed by atoms with Crippen LogP contribution in [0.5, 0.6) is 11.5 Å². The van der Waals surface area contributed by atoms with Gasteiger partial charge in [0.2, 0.25) is 0 Å². The molecule has 0 unspecified atom stereocenters. The van der Waals surface area contributed by atoms with E-state index in [1.165, 1.54) is 7.11 Å². The van der Waals surface area contributed by atoms with Crippen LogP contribution in [-0.2, 0) is 0 Å². The molecule has 0 saturated heterocycles. The van der Waals surface area contributed by atoms with Gasteiger partial charge in [0.1, 0.15) is 6.29 Å². The number of hydrogen-bond donors (Lipinski definition) is 2. The van der Waals surface area contributed by atoms with Crippen molar-refractivity contribution in [2.24, 2.45) is 0 Å². The Hall–Kier alpha value is -2.24. The van der Waals surface area contributed by atoms with Gasteiger partial charge in [-0.25, -0.2) is 4.79 Å². The van der Waals surface area contributed by atoms with Crippen molar-refractivity contribution in [2.75, 3.05) is 20.3 Å². The fourth-order valence-corrected chi connectivity index (χ4v) is 1.33. The summed E-state index contributed by atoms with van der Waals surface area (Å²) in [6.45, 7) is 0.643. The van der Waals surface area contributed by atoms with Crippen molar-refractivity contribution in [3.63, 3.8) is 0 Å². The van der Waals surface area contributed by atoms with E-state index in [0.717, 1.165) is 6.29 Å². The van der Waals surface area contributed by atoms with Gasteiger partial charge in [-0.3, -0.25) is 4.79 Å². The van der Waals surface area contributed by atoms with Gasteiger partial charge in [0.15, 0.2) is 11.5 Å². The number of aldehydes is 1. The summed E-state index contributed by atoms with van der Waals surface area (Å²) in [5, 5.41) is 10.6. The maximum absolute atomic E-state index is 10.6. The highest BCUT2D eigenvalue weighted by Gasteiger charge is 2.05. The number of carboxylic acid groups (broad SMARTS) is 1. The van der Waals surface area contributed by atoms with Crippen LogP contribution < -0.4 is 14.8 Å². The number of carbonyl (C=O) groups is 2. The zero-order valence-corrected chi connectivity index (χ0v) is 10.0. The van der Waals surface area contributed by atoms with E-state index >= 15 is 0 Å². The number of rotatable bonds is 7. The van der Waals surface area contributed by atoms with Crippen molar-refractivity contribution in [1.29, 1.82) is 0 Å². The highest BCUT2D eigenvalue weighted by Crippen LogP contribution is 2.27. The highest BCUT2D eigenvalue weighted by atomic mass is 16.5. The van der Waals surface area contributed by atoms with Crippen LogP contribution in [0.4, 0.5) is 4.79 Å². The third-order valence-electron chi connectivity index (χ3n) is 2.18. The van der Waals surface area contributed by atoms with Gasteiger partial charge in [-0.2, -0.15) is 0 Å². The molecule has 0 fully saturated rings. The minimum absolute atomic E-state index is 0.311. The third-order valence-corrected chi connectivity index (χ3v) is 2.18. The molecular formula is C12H15NO5. The summed E-state index contributed by atoms with van der Waals surface area (Å²) in [6, 6.07) is 4.86. The lowest BCUT2D eigenvalue weighted by Crippen LogP contribution is -2.23. The van der Waals surface area contributed by atoms with E-state index in [4.69, 9.17) is 14.6 Å². The number of benzene rings is 1. The van der Waals surface area contributed by atoms with E-state index < -0.39 is 6.09 Å². The summed E-state index contributed by atoms with van der Waals surface area (Å²) in [5.41, 5.74) is 0.495. The van der Waals surface area contributed by atoms with E-state index in [0.29, 0.717) is 36.6 Å². The van der Waals surface area contributed by atoms with Gasteiger partial charge in [0.05, 0.1) is 13.7 Å². The van der Waals surface area contributed by atoms with Crippen LogP contribution >= 0.6 is 0 Å². The molecule has 0 aliphatic heterocycles. The van der Waals surface area contributed by atoms with E-state index in [-0.39, 0.29) is 0 Å². The lowest BCUT2D eigenvalue weighted by atomic mass is 10.2. The molecule has 6 nitrogen and oxygen atoms in total. The normalized spacial score (nSPS) is 9.61. The van der Waals surface area contributed by atoms with Crippen molar-refractivity contribution in [2.45, 2.75) is 6.42 Å². The zero-order valence-electron chi connectivity index (χ0n) is 10.0. The van der Waals surface area contributed by atoms with E-state index in [2.05, 4.69) is 5.32 Å². The first-order valence-electron chi connectivity index (χ1n) is 5.40. The van der Waals surface area contributed by atoms with Crippen LogP contribution in [0.25, 0.3) is 0 Å². The van der Waals surface area contributed by atoms with Crippen molar-refractivity contribution in [3.8, 4) is 11.5 Å². The van der Waals surface area contributed by atoms with Gasteiger partial charge in [-0.05, 0) is 24.6 Å². The van der Waals surface area contributed by atoms with Crippen LogP contribution in [0.2, 0.25) is 0 Å². The third kappa shape index (κ3) is 4.32. The van der Waals surface area contributed by atoms with Gasteiger partial charge in [-0.15, -0.1) is 0 Å². The first kappa shape index (κ1) is 13.8. The molecule has 0 saturated carbocycles. The van der Waals surface area contributed by atoms with Gasteiger partial charge in [-0.1, -0.05) is 0 Å². The standard InChI is InChI=1S/C12H15NO5/c1-17-10-4-3-9(8-14)7-11(10)18-6-2-5-13-12(15)16/h3-4,7-8,13H,2,5-6H2,1H3,(H,15,16). The molecule has 0 aliphatic carbocycles. The monoisotopic (exact) mass is 253 g/mol. The molecule has 1 amide bonds. The van der Waals surface area contributed by atoms with E-state index in [1.54, 1.807) is 18.2 Å². The molecule has 0 aromatic heterocycles. The molecule has 0 heterocycles. The summed E-state index contributed by atoms with van der Waals surface area (Å²) in [7, 11) is 1.51. The minimum atomic E-state index is -1.06. The number of hydrogen-bond acceptors (Lipinski definition) is 4. The first-order chi connectivity index (χ1) is 8.67. The minimum Gasteiger partial charge on any atom is -0.493 e. The Morgan fingerprint density at radius 3 is 2.83 bits per heavy atom. The molecule has 98 valence electrons. The van der Waals surface area contributed by atoms with Crippen LogP contribution in [0.3, 0.4) is 0 Å². The fraction of sp³-hybridized carbons (Fsp3) is 0.333. The number of nitrogens with one attached hydrogen (secondary N) is 1. The van der Waals surface area contributed by atoms with Crippen LogP contribution in [-0.4, -0.2) is 37.7 Å². The number of amides is 1. The van der Waals surface area contributed by atoms with Crippen LogP contribution in [0.15, 0.2) is 18.2 Å². The van der Waals surface area contributed by atoms with Crippen molar-refractivity contribution < 1.29 is 24.2 Å². The topological polar surface area (TPSA) is 84.9 Å². The van der Waals surface area contributed by atoms with Gasteiger partial charge < -0.3 is 19.9 Å². The Morgan fingerprint density at radius 2 is 2.22 bits per heavy atom. The molecule has 1 aromatic rings. The maximum atomic E-state index is 10.6. The second kappa shape index (κ2) is 7.16. The molecule has 1 aromatic carbocycles. The summed E-state index contributed by atoms with van der Waals surface area (Å²) >= 11 is 0. The lowest BCUT2D eigenvalue weighted by Gasteiger charge is -2.10. The van der Waals surface area contributed by atoms with Gasteiger partial charge in [0, 0.05) is 12.1 Å². The fourth-order valence-electron chi connectivity index (χ4n) is 1.33. The van der Waals surface area contributed by atoms with Gasteiger partial charge >= 0.3 is 6.09 Å². The Kier molecular flexibility index (Phi) is 5.50.